The Bertz CT molecular complexity index is 550. The number of nitrogens with one attached hydrogen (secondary N) is 2. The van der Waals surface area contributed by atoms with Crippen LogP contribution in [0.4, 0.5) is 11.7 Å². The van der Waals surface area contributed by atoms with E-state index in [9.17, 15) is 4.79 Å². The topological polar surface area (TPSA) is 89.3 Å². The molecule has 1 amide bonds. The molecule has 0 aliphatic carbocycles. The van der Waals surface area contributed by atoms with Gasteiger partial charge in [0.05, 0.1) is 0 Å². The number of amides is 1. The molecule has 1 aromatic heterocycles. The van der Waals surface area contributed by atoms with Crippen LogP contribution in [0.25, 0.3) is 0 Å². The van der Waals surface area contributed by atoms with Crippen LogP contribution in [0.15, 0.2) is 28.7 Å². The summed E-state index contributed by atoms with van der Waals surface area (Å²) in [5, 5.41) is 12.7. The van der Waals surface area contributed by atoms with Gasteiger partial charge in [0, 0.05) is 19.7 Å². The largest absolute Gasteiger partial charge is 0.484 e. The number of nitrogens with zero attached hydrogens (tertiary/aromatic N) is 2. The van der Waals surface area contributed by atoms with Gasteiger partial charge in [-0.2, -0.15) is 0 Å². The lowest BCUT2D eigenvalue weighted by molar-refractivity contribution is -0.118. The van der Waals surface area contributed by atoms with E-state index in [4.69, 9.17) is 9.15 Å². The molecule has 0 fully saturated rings. The summed E-state index contributed by atoms with van der Waals surface area (Å²) in [5.41, 5.74) is 0.970. The first-order valence-electron chi connectivity index (χ1n) is 5.68. The van der Waals surface area contributed by atoms with E-state index >= 15 is 0 Å². The zero-order valence-electron chi connectivity index (χ0n) is 10.6. The third-order valence-electron chi connectivity index (χ3n) is 2.29. The van der Waals surface area contributed by atoms with Crippen LogP contribution in [-0.2, 0) is 4.79 Å². The third kappa shape index (κ3) is 3.70. The molecule has 0 bridgehead atoms. The van der Waals surface area contributed by atoms with E-state index in [0.717, 1.165) is 5.69 Å². The molecule has 0 unspecified atom stereocenters. The highest BCUT2D eigenvalue weighted by Gasteiger charge is 2.08. The van der Waals surface area contributed by atoms with Crippen molar-refractivity contribution in [2.75, 3.05) is 24.3 Å². The predicted octanol–water partition coefficient (Wildman–Crippen LogP) is 1.44. The van der Waals surface area contributed by atoms with Crippen molar-refractivity contribution in [3.8, 4) is 5.75 Å². The molecule has 0 saturated carbocycles. The smallest absolute Gasteiger partial charge is 0.322 e. The Morgan fingerprint density at radius 3 is 2.63 bits per heavy atom. The van der Waals surface area contributed by atoms with Crippen LogP contribution in [0.5, 0.6) is 5.75 Å². The van der Waals surface area contributed by atoms with Gasteiger partial charge in [0.15, 0.2) is 6.61 Å². The average Bonchev–Trinajstić information content (AvgIpc) is 2.82. The summed E-state index contributed by atoms with van der Waals surface area (Å²) in [6.07, 6.45) is 0. The molecule has 0 radical (unpaired) electrons. The number of hydrogen-bond acceptors (Lipinski definition) is 6. The van der Waals surface area contributed by atoms with Crippen molar-refractivity contribution in [3.63, 3.8) is 0 Å². The number of aromatic nitrogens is 2. The summed E-state index contributed by atoms with van der Waals surface area (Å²) >= 11 is 0. The number of ether oxygens (including phenoxy) is 1. The molecular weight excluding hydrogens is 248 g/mol. The highest BCUT2D eigenvalue weighted by Crippen LogP contribution is 2.15. The molecule has 7 heteroatoms. The molecule has 2 rings (SSSR count). The van der Waals surface area contributed by atoms with Crippen molar-refractivity contribution in [3.05, 3.63) is 30.2 Å². The molecule has 1 heterocycles. The number of carbonyl (C=O) groups is 1. The number of rotatable bonds is 5. The minimum atomic E-state index is -0.360. The van der Waals surface area contributed by atoms with Crippen LogP contribution >= 0.6 is 0 Å². The molecule has 0 aliphatic rings. The second kappa shape index (κ2) is 5.85. The van der Waals surface area contributed by atoms with Crippen LogP contribution in [0.3, 0.4) is 0 Å². The zero-order valence-corrected chi connectivity index (χ0v) is 10.6. The van der Waals surface area contributed by atoms with Gasteiger partial charge in [0.25, 0.3) is 5.91 Å². The standard InChI is InChI=1S/C12H14N4O3/c1-8-15-16-12(19-8)14-11(17)7-18-10-5-3-9(13-2)4-6-10/h3-6,13H,7H2,1-2H3,(H,14,16,17). The Balaban J connectivity index is 1.82. The number of anilines is 2. The zero-order chi connectivity index (χ0) is 13.7. The van der Waals surface area contributed by atoms with Crippen LogP contribution in [-0.4, -0.2) is 29.8 Å². The van der Waals surface area contributed by atoms with Gasteiger partial charge in [0.1, 0.15) is 5.75 Å². The molecule has 0 atom stereocenters. The second-order valence-corrected chi connectivity index (χ2v) is 3.74. The van der Waals surface area contributed by atoms with Gasteiger partial charge >= 0.3 is 6.01 Å². The maximum Gasteiger partial charge on any atom is 0.322 e. The van der Waals surface area contributed by atoms with Gasteiger partial charge in [-0.15, -0.1) is 5.10 Å². The van der Waals surface area contributed by atoms with E-state index < -0.39 is 0 Å². The SMILES string of the molecule is CNc1ccc(OCC(=O)Nc2nnc(C)o2)cc1. The molecule has 100 valence electrons. The van der Waals surface area contributed by atoms with Crippen LogP contribution in [0.2, 0.25) is 0 Å². The molecule has 0 spiro atoms. The summed E-state index contributed by atoms with van der Waals surface area (Å²) in [4.78, 5) is 11.5. The van der Waals surface area contributed by atoms with Gasteiger partial charge in [-0.3, -0.25) is 10.1 Å². The molecule has 7 nitrogen and oxygen atoms in total. The van der Waals surface area contributed by atoms with E-state index in [-0.39, 0.29) is 18.5 Å². The van der Waals surface area contributed by atoms with Crippen molar-refractivity contribution in [2.24, 2.45) is 0 Å². The molecule has 2 aromatic rings. The van der Waals surface area contributed by atoms with Gasteiger partial charge < -0.3 is 14.5 Å². The Labute approximate surface area is 110 Å². The Morgan fingerprint density at radius 1 is 1.32 bits per heavy atom. The van der Waals surface area contributed by atoms with Crippen LogP contribution in [0.1, 0.15) is 5.89 Å². The normalized spacial score (nSPS) is 10.0. The molecule has 1 aromatic carbocycles. The highest BCUT2D eigenvalue weighted by atomic mass is 16.5. The van der Waals surface area contributed by atoms with Crippen molar-refractivity contribution in [2.45, 2.75) is 6.92 Å². The lowest BCUT2D eigenvalue weighted by Crippen LogP contribution is -2.20. The first kappa shape index (κ1) is 12.9. The first-order valence-corrected chi connectivity index (χ1v) is 5.68. The summed E-state index contributed by atoms with van der Waals surface area (Å²) in [7, 11) is 1.83. The Hall–Kier alpha value is -2.57. The molecular formula is C12H14N4O3. The van der Waals surface area contributed by atoms with Gasteiger partial charge in [0.2, 0.25) is 5.89 Å². The fourth-order valence-corrected chi connectivity index (χ4v) is 1.37. The molecule has 19 heavy (non-hydrogen) atoms. The predicted molar refractivity (Wildman–Crippen MR) is 69.1 cm³/mol. The van der Waals surface area contributed by atoms with Crippen molar-refractivity contribution < 1.29 is 13.9 Å². The summed E-state index contributed by atoms with van der Waals surface area (Å²) in [6, 6.07) is 7.33. The minimum Gasteiger partial charge on any atom is -0.484 e. The van der Waals surface area contributed by atoms with Crippen LogP contribution in [0, 0.1) is 6.92 Å². The van der Waals surface area contributed by atoms with E-state index in [0.29, 0.717) is 11.6 Å². The molecule has 0 aliphatic heterocycles. The fraction of sp³-hybridized carbons (Fsp3) is 0.250. The van der Waals surface area contributed by atoms with E-state index in [1.165, 1.54) is 0 Å². The summed E-state index contributed by atoms with van der Waals surface area (Å²) in [5.74, 6) is 0.635. The van der Waals surface area contributed by atoms with Crippen LogP contribution < -0.4 is 15.4 Å². The number of benzene rings is 1. The minimum absolute atomic E-state index is 0.0663. The van der Waals surface area contributed by atoms with E-state index in [1.807, 2.05) is 19.2 Å². The number of hydrogen-bond donors (Lipinski definition) is 2. The average molecular weight is 262 g/mol. The Morgan fingerprint density at radius 2 is 2.05 bits per heavy atom. The lowest BCUT2D eigenvalue weighted by atomic mass is 10.3. The van der Waals surface area contributed by atoms with Crippen molar-refractivity contribution in [1.82, 2.24) is 10.2 Å². The molecule has 2 N–H and O–H groups in total. The summed E-state index contributed by atoms with van der Waals surface area (Å²) in [6.45, 7) is 1.52. The third-order valence-corrected chi connectivity index (χ3v) is 2.29. The summed E-state index contributed by atoms with van der Waals surface area (Å²) < 4.78 is 10.3. The van der Waals surface area contributed by atoms with Crippen molar-refractivity contribution >= 4 is 17.6 Å². The second-order valence-electron chi connectivity index (χ2n) is 3.74. The van der Waals surface area contributed by atoms with E-state index in [2.05, 4.69) is 20.8 Å². The molecule has 0 saturated heterocycles. The lowest BCUT2D eigenvalue weighted by Gasteiger charge is -2.06. The fourth-order valence-electron chi connectivity index (χ4n) is 1.37. The highest BCUT2D eigenvalue weighted by molar-refractivity contribution is 5.89. The van der Waals surface area contributed by atoms with E-state index in [1.54, 1.807) is 19.1 Å². The maximum atomic E-state index is 11.5. The number of aryl methyl sites for hydroxylation is 1. The van der Waals surface area contributed by atoms with Gasteiger partial charge in [-0.25, -0.2) is 0 Å². The van der Waals surface area contributed by atoms with Gasteiger partial charge in [-0.05, 0) is 24.3 Å². The maximum absolute atomic E-state index is 11.5. The van der Waals surface area contributed by atoms with Gasteiger partial charge in [-0.1, -0.05) is 5.10 Å². The number of carbonyl (C=O) groups excluding carboxylic acids is 1. The Kier molecular flexibility index (Phi) is 3.97. The first-order chi connectivity index (χ1) is 9.17. The quantitative estimate of drug-likeness (QED) is 0.847. The monoisotopic (exact) mass is 262 g/mol. The van der Waals surface area contributed by atoms with Crippen molar-refractivity contribution in [1.29, 1.82) is 0 Å².